The second kappa shape index (κ2) is 4.53. The number of aromatic amines is 1. The zero-order valence-electron chi connectivity index (χ0n) is 11.2. The topological polar surface area (TPSA) is 35.2 Å². The van der Waals surface area contributed by atoms with E-state index in [1.807, 2.05) is 6.07 Å². The Kier molecular flexibility index (Phi) is 2.69. The minimum Gasteiger partial charge on any atom is -0.340 e. The zero-order chi connectivity index (χ0) is 12.7. The Bertz CT molecular complexity index is 531. The van der Waals surface area contributed by atoms with E-state index < -0.39 is 0 Å². The molecule has 1 aromatic carbocycles. The van der Waals surface area contributed by atoms with Crippen molar-refractivity contribution in [3.63, 3.8) is 0 Å². The van der Waals surface area contributed by atoms with Crippen LogP contribution in [0.2, 0.25) is 0 Å². The fraction of sp³-hybridized carbons (Fsp3) is 0.533. The molecule has 4 rings (SSSR count). The van der Waals surface area contributed by atoms with Crippen LogP contribution < -0.4 is 4.90 Å². The summed E-state index contributed by atoms with van der Waals surface area (Å²) in [6.45, 7) is 5.84. The average molecular weight is 256 g/mol. The molecule has 1 aromatic heterocycles. The second-order valence-corrected chi connectivity index (χ2v) is 5.81. The van der Waals surface area contributed by atoms with Crippen LogP contribution in [-0.2, 0) is 0 Å². The Labute approximate surface area is 113 Å². The van der Waals surface area contributed by atoms with Crippen molar-refractivity contribution in [2.24, 2.45) is 5.92 Å². The van der Waals surface area contributed by atoms with E-state index in [1.165, 1.54) is 32.5 Å². The molecule has 0 radical (unpaired) electrons. The van der Waals surface area contributed by atoms with Gasteiger partial charge in [0.15, 0.2) is 0 Å². The van der Waals surface area contributed by atoms with Crippen LogP contribution in [-0.4, -0.2) is 47.6 Å². The molecule has 1 N–H and O–H groups in total. The summed E-state index contributed by atoms with van der Waals surface area (Å²) in [6, 6.07) is 8.26. The number of imidazole rings is 1. The van der Waals surface area contributed by atoms with Crippen LogP contribution in [0.5, 0.6) is 0 Å². The maximum absolute atomic E-state index is 4.69. The molecule has 100 valence electrons. The summed E-state index contributed by atoms with van der Waals surface area (Å²) >= 11 is 0. The van der Waals surface area contributed by atoms with Crippen molar-refractivity contribution >= 4 is 17.0 Å². The number of piperazine rings is 1. The highest BCUT2D eigenvalue weighted by atomic mass is 15.3. The molecule has 2 fully saturated rings. The van der Waals surface area contributed by atoms with E-state index in [1.54, 1.807) is 0 Å². The Morgan fingerprint density at radius 2 is 1.89 bits per heavy atom. The number of hydrogen-bond acceptors (Lipinski definition) is 3. The van der Waals surface area contributed by atoms with Crippen LogP contribution >= 0.6 is 0 Å². The second-order valence-electron chi connectivity index (χ2n) is 5.81. The number of aromatic nitrogens is 2. The predicted molar refractivity (Wildman–Crippen MR) is 77.5 cm³/mol. The van der Waals surface area contributed by atoms with E-state index in [2.05, 4.69) is 38.0 Å². The van der Waals surface area contributed by atoms with E-state index in [0.29, 0.717) is 0 Å². The van der Waals surface area contributed by atoms with Crippen molar-refractivity contribution in [1.29, 1.82) is 0 Å². The zero-order valence-corrected chi connectivity index (χ0v) is 11.2. The maximum atomic E-state index is 4.69. The number of hydrogen-bond donors (Lipinski definition) is 1. The number of benzene rings is 1. The van der Waals surface area contributed by atoms with Gasteiger partial charge in [0.1, 0.15) is 0 Å². The van der Waals surface area contributed by atoms with E-state index in [0.717, 1.165) is 36.0 Å². The van der Waals surface area contributed by atoms with Gasteiger partial charge in [-0.25, -0.2) is 4.98 Å². The summed E-state index contributed by atoms with van der Waals surface area (Å²) in [5.74, 6) is 2.03. The normalized spacial score (nSPS) is 21.2. The summed E-state index contributed by atoms with van der Waals surface area (Å²) in [6.07, 6.45) is 2.90. The maximum Gasteiger partial charge on any atom is 0.203 e. The van der Waals surface area contributed by atoms with Crippen molar-refractivity contribution < 1.29 is 0 Å². The molecule has 4 nitrogen and oxygen atoms in total. The molecular formula is C15H20N4. The van der Waals surface area contributed by atoms with Gasteiger partial charge in [-0.05, 0) is 30.9 Å². The van der Waals surface area contributed by atoms with Gasteiger partial charge in [0.2, 0.25) is 5.95 Å². The van der Waals surface area contributed by atoms with Crippen LogP contribution in [0, 0.1) is 5.92 Å². The fourth-order valence-corrected chi connectivity index (χ4v) is 2.90. The summed E-state index contributed by atoms with van der Waals surface area (Å²) in [5, 5.41) is 0. The molecular weight excluding hydrogens is 236 g/mol. The quantitative estimate of drug-likeness (QED) is 0.913. The van der Waals surface area contributed by atoms with Crippen LogP contribution in [0.1, 0.15) is 12.8 Å². The van der Waals surface area contributed by atoms with Gasteiger partial charge in [-0.1, -0.05) is 12.1 Å². The molecule has 2 aromatic rings. The van der Waals surface area contributed by atoms with Gasteiger partial charge in [-0.2, -0.15) is 0 Å². The third-order valence-electron chi connectivity index (χ3n) is 4.26. The smallest absolute Gasteiger partial charge is 0.203 e. The molecule has 1 saturated heterocycles. The summed E-state index contributed by atoms with van der Waals surface area (Å²) in [7, 11) is 0. The molecule has 1 aliphatic heterocycles. The van der Waals surface area contributed by atoms with Gasteiger partial charge in [-0.15, -0.1) is 0 Å². The Morgan fingerprint density at radius 1 is 1.11 bits per heavy atom. The third-order valence-corrected chi connectivity index (χ3v) is 4.26. The molecule has 0 spiro atoms. The lowest BCUT2D eigenvalue weighted by atomic mass is 10.3. The van der Waals surface area contributed by atoms with Crippen LogP contribution in [0.25, 0.3) is 11.0 Å². The highest BCUT2D eigenvalue weighted by Gasteiger charge is 2.26. The lowest BCUT2D eigenvalue weighted by Crippen LogP contribution is -2.47. The van der Waals surface area contributed by atoms with E-state index in [4.69, 9.17) is 0 Å². The van der Waals surface area contributed by atoms with E-state index >= 15 is 0 Å². The molecule has 0 amide bonds. The van der Waals surface area contributed by atoms with Crippen LogP contribution in [0.4, 0.5) is 5.95 Å². The minimum absolute atomic E-state index is 0.998. The van der Waals surface area contributed by atoms with Crippen molar-refractivity contribution in [1.82, 2.24) is 14.9 Å². The fourth-order valence-electron chi connectivity index (χ4n) is 2.90. The van der Waals surface area contributed by atoms with Gasteiger partial charge in [0.05, 0.1) is 11.0 Å². The molecule has 1 saturated carbocycles. The SMILES string of the molecule is c1ccc2[nH]c(N3CCN(CC4CC4)CC3)nc2c1. The molecule has 4 heteroatoms. The molecule has 19 heavy (non-hydrogen) atoms. The lowest BCUT2D eigenvalue weighted by molar-refractivity contribution is 0.247. The first-order chi connectivity index (χ1) is 9.38. The van der Waals surface area contributed by atoms with Crippen molar-refractivity contribution in [2.45, 2.75) is 12.8 Å². The molecule has 0 bridgehead atoms. The van der Waals surface area contributed by atoms with Crippen molar-refractivity contribution in [3.8, 4) is 0 Å². The number of anilines is 1. The monoisotopic (exact) mass is 256 g/mol. The van der Waals surface area contributed by atoms with Gasteiger partial charge in [0, 0.05) is 32.7 Å². The first kappa shape index (κ1) is 11.3. The van der Waals surface area contributed by atoms with E-state index in [9.17, 15) is 0 Å². The number of H-pyrrole nitrogens is 1. The first-order valence-electron chi connectivity index (χ1n) is 7.30. The number of para-hydroxylation sites is 2. The number of nitrogens with one attached hydrogen (secondary N) is 1. The van der Waals surface area contributed by atoms with Crippen LogP contribution in [0.15, 0.2) is 24.3 Å². The number of nitrogens with zero attached hydrogens (tertiary/aromatic N) is 3. The number of fused-ring (bicyclic) bond motifs is 1. The minimum atomic E-state index is 0.998. The Balaban J connectivity index is 1.45. The van der Waals surface area contributed by atoms with E-state index in [-0.39, 0.29) is 0 Å². The Morgan fingerprint density at radius 3 is 2.63 bits per heavy atom. The predicted octanol–water partition coefficient (Wildman–Crippen LogP) is 2.09. The van der Waals surface area contributed by atoms with Crippen molar-refractivity contribution in [3.05, 3.63) is 24.3 Å². The average Bonchev–Trinajstić information content (AvgIpc) is 3.15. The molecule has 1 aliphatic carbocycles. The largest absolute Gasteiger partial charge is 0.340 e. The van der Waals surface area contributed by atoms with Gasteiger partial charge >= 0.3 is 0 Å². The molecule has 2 heterocycles. The standard InChI is InChI=1S/C15H20N4/c1-2-4-14-13(3-1)16-15(17-14)19-9-7-18(8-10-19)11-12-5-6-12/h1-4,12H,5-11H2,(H,16,17). The summed E-state index contributed by atoms with van der Waals surface area (Å²) in [5.41, 5.74) is 2.20. The molecule has 0 unspecified atom stereocenters. The first-order valence-corrected chi connectivity index (χ1v) is 7.30. The summed E-state index contributed by atoms with van der Waals surface area (Å²) < 4.78 is 0. The van der Waals surface area contributed by atoms with Crippen molar-refractivity contribution in [2.75, 3.05) is 37.6 Å². The van der Waals surface area contributed by atoms with Crippen LogP contribution in [0.3, 0.4) is 0 Å². The van der Waals surface area contributed by atoms with Gasteiger partial charge in [-0.3, -0.25) is 4.90 Å². The Hall–Kier alpha value is -1.55. The highest BCUT2D eigenvalue weighted by Crippen LogP contribution is 2.30. The highest BCUT2D eigenvalue weighted by molar-refractivity contribution is 5.77. The van der Waals surface area contributed by atoms with Gasteiger partial charge < -0.3 is 9.88 Å². The summed E-state index contributed by atoms with van der Waals surface area (Å²) in [4.78, 5) is 13.1. The van der Waals surface area contributed by atoms with Gasteiger partial charge in [0.25, 0.3) is 0 Å². The molecule has 2 aliphatic rings. The third kappa shape index (κ3) is 2.32. The molecule has 0 atom stereocenters. The number of rotatable bonds is 3. The lowest BCUT2D eigenvalue weighted by Gasteiger charge is -2.34.